The number of carbonyl (C=O) groups is 15. The number of aliphatic carboxylic acids is 3. The van der Waals surface area contributed by atoms with Crippen LogP contribution in [0, 0.1) is 0 Å². The van der Waals surface area contributed by atoms with Gasteiger partial charge in [0, 0.05) is 111 Å². The zero-order valence-corrected chi connectivity index (χ0v) is 65.6. The van der Waals surface area contributed by atoms with E-state index < -0.39 is 109 Å². The summed E-state index contributed by atoms with van der Waals surface area (Å²) in [6.45, 7) is 6.83. The molecule has 1 unspecified atom stereocenters. The van der Waals surface area contributed by atoms with Crippen molar-refractivity contribution in [2.24, 2.45) is 0 Å². The number of rotatable bonds is 69. The molecule has 0 bridgehead atoms. The lowest BCUT2D eigenvalue weighted by Gasteiger charge is -2.28. The van der Waals surface area contributed by atoms with Gasteiger partial charge in [-0.3, -0.25) is 62.3 Å². The van der Waals surface area contributed by atoms with Gasteiger partial charge in [0.2, 0.25) is 59.1 Å². The predicted octanol–water partition coefficient (Wildman–Crippen LogP) is -3.28. The van der Waals surface area contributed by atoms with Gasteiger partial charge in [-0.2, -0.15) is 0 Å². The van der Waals surface area contributed by atoms with Crippen LogP contribution in [-0.4, -0.2) is 346 Å². The summed E-state index contributed by atoms with van der Waals surface area (Å²) in [6, 6.07) is -4.75. The van der Waals surface area contributed by atoms with Crippen LogP contribution in [0.3, 0.4) is 0 Å². The van der Waals surface area contributed by atoms with Crippen LogP contribution < -0.4 is 53.2 Å². The van der Waals surface area contributed by atoms with Crippen molar-refractivity contribution in [1.82, 2.24) is 63.0 Å². The molecule has 0 fully saturated rings. The third-order valence-corrected chi connectivity index (χ3v) is 15.4. The third kappa shape index (κ3) is 60.7. The molecule has 0 spiro atoms. The summed E-state index contributed by atoms with van der Waals surface area (Å²) in [7, 11) is 3.54. The van der Waals surface area contributed by atoms with Gasteiger partial charge in [0.05, 0.1) is 89.2 Å². The number of carbonyl (C=O) groups excluding carboxylic acids is 12. The van der Waals surface area contributed by atoms with E-state index in [1.165, 1.54) is 4.90 Å². The highest BCUT2D eigenvalue weighted by Crippen LogP contribution is 2.08. The van der Waals surface area contributed by atoms with Crippen molar-refractivity contribution in [2.45, 2.75) is 115 Å². The number of ether oxygens (including phenoxy) is 9. The fourth-order valence-electron chi connectivity index (χ4n) is 8.57. The molecule has 0 saturated carbocycles. The van der Waals surface area contributed by atoms with Crippen LogP contribution in [0.4, 0.5) is 0 Å². The predicted molar refractivity (Wildman–Crippen MR) is 391 cm³/mol. The van der Waals surface area contributed by atoms with Gasteiger partial charge in [0.15, 0.2) is 0 Å². The normalized spacial score (nSPS) is 11.9. The summed E-state index contributed by atoms with van der Waals surface area (Å²) in [5.41, 5.74) is 0. The number of likely N-dealkylation sites (N-methyl/N-ethyl adjacent to an activating group) is 2. The van der Waals surface area contributed by atoms with Crippen molar-refractivity contribution in [1.29, 1.82) is 0 Å². The maximum absolute atomic E-state index is 13.4. The number of nitrogens with zero attached hydrogens (tertiary/aromatic N) is 2. The first-order chi connectivity index (χ1) is 51.3. The second-order valence-electron chi connectivity index (χ2n) is 22.8. The molecular formula is C65H113Br2ClN12O27. The third-order valence-electron chi connectivity index (χ3n) is 14.1. The van der Waals surface area contributed by atoms with Crippen molar-refractivity contribution < 1.29 is 130 Å². The highest BCUT2D eigenvalue weighted by molar-refractivity contribution is 9.09. The molecule has 10 amide bonds. The molecule has 0 rings (SSSR count). The molecule has 0 aromatic carbocycles. The van der Waals surface area contributed by atoms with Gasteiger partial charge in [-0.25, -0.2) is 9.59 Å². The summed E-state index contributed by atoms with van der Waals surface area (Å²) < 4.78 is 47.3. The van der Waals surface area contributed by atoms with E-state index >= 15 is 0 Å². The number of nitrogens with one attached hydrogen (secondary N) is 10. The smallest absolute Gasteiger partial charge is 0.326 e. The minimum absolute atomic E-state index is 0.0219. The van der Waals surface area contributed by atoms with Crippen LogP contribution in [0.1, 0.15) is 90.9 Å². The molecule has 0 radical (unpaired) electrons. The van der Waals surface area contributed by atoms with Crippen LogP contribution >= 0.6 is 43.5 Å². The monoisotopic (exact) mass is 1690 g/mol. The fourth-order valence-corrected chi connectivity index (χ4v) is 9.10. The first-order valence-corrected chi connectivity index (χ1v) is 37.9. The van der Waals surface area contributed by atoms with E-state index in [9.17, 15) is 87.2 Å². The van der Waals surface area contributed by atoms with Gasteiger partial charge < -0.3 is 121 Å². The highest BCUT2D eigenvalue weighted by atomic mass is 79.9. The first-order valence-electron chi connectivity index (χ1n) is 35.1. The zero-order valence-electron chi connectivity index (χ0n) is 61.7. The molecule has 107 heavy (non-hydrogen) atoms. The van der Waals surface area contributed by atoms with Crippen LogP contribution in [0.25, 0.3) is 0 Å². The number of unbranched alkanes of at least 4 members (excludes halogenated alkanes) is 1. The lowest BCUT2D eigenvalue weighted by molar-refractivity contribution is -0.145. The quantitative estimate of drug-likeness (QED) is 0.0161. The Labute approximate surface area is 645 Å². The molecule has 0 saturated heterocycles. The Morgan fingerprint density at radius 3 is 1.07 bits per heavy atom. The van der Waals surface area contributed by atoms with Gasteiger partial charge >= 0.3 is 23.9 Å². The Hall–Kier alpha value is -6.90. The second kappa shape index (κ2) is 69.6. The van der Waals surface area contributed by atoms with E-state index in [1.54, 1.807) is 25.9 Å². The van der Waals surface area contributed by atoms with E-state index in [0.29, 0.717) is 58.8 Å². The van der Waals surface area contributed by atoms with Crippen molar-refractivity contribution in [3.63, 3.8) is 0 Å². The topological polar surface area (TPSA) is 527 Å². The molecule has 0 aliphatic heterocycles. The summed E-state index contributed by atoms with van der Waals surface area (Å²) in [5, 5.41) is 54.2. The summed E-state index contributed by atoms with van der Waals surface area (Å²) >= 11 is 11.5. The van der Waals surface area contributed by atoms with E-state index in [4.69, 9.17) is 54.2 Å². The molecule has 0 heterocycles. The van der Waals surface area contributed by atoms with Crippen LogP contribution in [0.2, 0.25) is 0 Å². The summed E-state index contributed by atoms with van der Waals surface area (Å²) in [6.07, 6.45) is 1.51. The number of hydrogen-bond donors (Lipinski definition) is 13. The van der Waals surface area contributed by atoms with Crippen LogP contribution in [-0.2, 0) is 115 Å². The average molecular weight is 1690 g/mol. The minimum Gasteiger partial charge on any atom is -0.481 e. The van der Waals surface area contributed by atoms with Gasteiger partial charge in [-0.05, 0) is 59.5 Å². The SMILES string of the molecule is CCCCOCCOCC(=O)N[C@@H](CCC(=O)NCCOCCOCC(=O)N[C@@H](CCC(=O)OCC)C(=O)N(CCNC)CCNC)C(=O)O.O=C(O)CC[C@H](NC(=O)COCCOCCNC(=O)CCC(NC(=O)COCCOCCCC(=O)CCl)C(=O)O)C(=O)N(CCNC(=O)CBr)CCNC(=O)CBr. The lowest BCUT2D eigenvalue weighted by atomic mass is 10.1. The number of halogens is 3. The Kier molecular flexibility index (Phi) is 66.4. The van der Waals surface area contributed by atoms with Crippen molar-refractivity contribution in [2.75, 3.05) is 208 Å². The average Bonchev–Trinajstić information content (AvgIpc) is 0.886. The van der Waals surface area contributed by atoms with Crippen molar-refractivity contribution in [3.05, 3.63) is 0 Å². The van der Waals surface area contributed by atoms with Gasteiger partial charge in [-0.15, -0.1) is 11.6 Å². The molecule has 0 aromatic heterocycles. The lowest BCUT2D eigenvalue weighted by Crippen LogP contribution is -2.52. The molecule has 4 atom stereocenters. The molecule has 0 aliphatic rings. The number of alkyl halides is 3. The maximum Gasteiger partial charge on any atom is 0.326 e. The van der Waals surface area contributed by atoms with E-state index in [0.717, 1.165) is 12.8 Å². The minimum atomic E-state index is -1.33. The number of carboxylic acids is 3. The van der Waals surface area contributed by atoms with E-state index in [1.807, 2.05) is 6.92 Å². The van der Waals surface area contributed by atoms with E-state index in [2.05, 4.69) is 85.0 Å². The van der Waals surface area contributed by atoms with Gasteiger partial charge in [0.25, 0.3) is 0 Å². The number of hydrogen-bond acceptors (Lipinski definition) is 26. The van der Waals surface area contributed by atoms with Crippen LogP contribution in [0.15, 0.2) is 0 Å². The molecule has 616 valence electrons. The molecule has 39 nitrogen and oxygen atoms in total. The number of esters is 1. The summed E-state index contributed by atoms with van der Waals surface area (Å²) in [5.74, 6) is -9.36. The molecular weight excluding hydrogens is 1580 g/mol. The van der Waals surface area contributed by atoms with Crippen molar-refractivity contribution >= 4 is 132 Å². The Morgan fingerprint density at radius 2 is 0.720 bits per heavy atom. The van der Waals surface area contributed by atoms with Crippen molar-refractivity contribution in [3.8, 4) is 0 Å². The Balaban J connectivity index is 0. The molecule has 13 N–H and O–H groups in total. The van der Waals surface area contributed by atoms with Gasteiger partial charge in [0.1, 0.15) is 56.4 Å². The zero-order chi connectivity index (χ0) is 80.3. The number of carboxylic acid groups (broad SMARTS) is 3. The standard InChI is InChI=1S/C33H53Br2ClN6O15.C32H60N6O12/c34-18-27(45)37-7-10-42(11-8-38-28(46)19-35)32(51)24(4-6-31(49)50)40-29(47)21-57-17-15-55-13-9-39-26(44)5-3-25(33(52)53)41-30(48)22-56-16-14-54-12-1-2-23(43)20-36;1-5-7-17-46-19-21-48-24-29(41)37-26(32(44)45)8-10-27(39)35-14-18-47-20-22-49-23-28(40)36-25(9-11-30(42)50-6-2)31(43)38(15-12-33-3)16-13-34-4/h24-25H,1-22H2,(H,37,45)(H,38,46)(H,39,44)(H,40,47)(H,41,48)(H,49,50)(H,52,53);25-26,33-34H,5-24H2,1-4H3,(H,35,39)(H,36,40)(H,37,41)(H,44,45)/t24-,25?;25-,26-/m00/s1. The van der Waals surface area contributed by atoms with Crippen LogP contribution in [0.5, 0.6) is 0 Å². The number of amides is 10. The molecule has 0 aromatic rings. The number of Topliss-reactive ketones (excluding diaryl/α,β-unsaturated/α-hetero) is 1. The fraction of sp³-hybridized carbons (Fsp3) is 0.769. The summed E-state index contributed by atoms with van der Waals surface area (Å²) in [4.78, 5) is 184. The van der Waals surface area contributed by atoms with E-state index in [-0.39, 0.29) is 204 Å². The Bertz CT molecular complexity index is 2570. The largest absolute Gasteiger partial charge is 0.481 e. The Morgan fingerprint density at radius 1 is 0.383 bits per heavy atom. The number of ketones is 1. The first kappa shape index (κ1) is 102. The maximum atomic E-state index is 13.4. The highest BCUT2D eigenvalue weighted by Gasteiger charge is 2.29. The molecule has 0 aliphatic carbocycles. The molecule has 42 heteroatoms. The van der Waals surface area contributed by atoms with Gasteiger partial charge in [-0.1, -0.05) is 45.2 Å². The second-order valence-corrected chi connectivity index (χ2v) is 24.2.